The van der Waals surface area contributed by atoms with Crippen molar-refractivity contribution in [2.75, 3.05) is 0 Å². The lowest BCUT2D eigenvalue weighted by Crippen LogP contribution is -2.26. The van der Waals surface area contributed by atoms with Gasteiger partial charge in [0.15, 0.2) is 0 Å². The Hall–Kier alpha value is -0.860. The second-order valence-corrected chi connectivity index (χ2v) is 5.83. The lowest BCUT2D eigenvalue weighted by Gasteiger charge is -2.24. The summed E-state index contributed by atoms with van der Waals surface area (Å²) in [5, 5.41) is 9.98. The molecule has 2 heteroatoms. The third-order valence-corrected chi connectivity index (χ3v) is 4.53. The second-order valence-electron chi connectivity index (χ2n) is 5.83. The molecule has 1 saturated carbocycles. The lowest BCUT2D eigenvalue weighted by molar-refractivity contribution is 0.157. The van der Waals surface area contributed by atoms with E-state index < -0.39 is 0 Å². The van der Waals surface area contributed by atoms with Crippen molar-refractivity contribution in [3.8, 4) is 0 Å². The van der Waals surface area contributed by atoms with E-state index in [2.05, 4.69) is 35.2 Å². The average Bonchev–Trinajstić information content (AvgIpc) is 3.16. The summed E-state index contributed by atoms with van der Waals surface area (Å²) in [5.41, 5.74) is 1.37. The van der Waals surface area contributed by atoms with Crippen LogP contribution in [0.15, 0.2) is 30.3 Å². The Morgan fingerprint density at radius 2 is 1.78 bits per heavy atom. The van der Waals surface area contributed by atoms with Gasteiger partial charge in [0.2, 0.25) is 0 Å². The van der Waals surface area contributed by atoms with E-state index in [4.69, 9.17) is 0 Å². The monoisotopic (exact) mass is 245 g/mol. The molecule has 2 fully saturated rings. The van der Waals surface area contributed by atoms with Crippen molar-refractivity contribution in [3.63, 3.8) is 0 Å². The maximum Gasteiger partial charge on any atom is 0.0686 e. The quantitative estimate of drug-likeness (QED) is 0.827. The van der Waals surface area contributed by atoms with E-state index >= 15 is 0 Å². The first-order valence-corrected chi connectivity index (χ1v) is 7.29. The van der Waals surface area contributed by atoms with Crippen molar-refractivity contribution in [3.05, 3.63) is 35.9 Å². The molecular formula is C16H23NO. The zero-order valence-electron chi connectivity index (χ0n) is 11.1. The molecule has 2 nitrogen and oxygen atoms in total. The van der Waals surface area contributed by atoms with E-state index in [1.54, 1.807) is 0 Å². The van der Waals surface area contributed by atoms with Crippen molar-refractivity contribution in [1.29, 1.82) is 0 Å². The second kappa shape index (κ2) is 5.02. The van der Waals surface area contributed by atoms with Crippen LogP contribution in [0.3, 0.4) is 0 Å². The third-order valence-electron chi connectivity index (χ3n) is 4.53. The van der Waals surface area contributed by atoms with Crippen LogP contribution < -0.4 is 0 Å². The molecule has 4 atom stereocenters. The normalized spacial score (nSPS) is 34.2. The van der Waals surface area contributed by atoms with Gasteiger partial charge in [0, 0.05) is 6.04 Å². The third kappa shape index (κ3) is 2.19. The minimum Gasteiger partial charge on any atom is -0.392 e. The standard InChI is InChI=1S/C16H23NO/c1-12(18)15-16(13-8-4-2-5-9-13)17(15)14-10-6-3-7-11-14/h2,4-5,8-9,12,14-16,18H,3,6-7,10-11H2,1H3/t12-,15-,16+,17?/m1/s1. The van der Waals surface area contributed by atoms with Gasteiger partial charge in [-0.25, -0.2) is 0 Å². The molecule has 0 spiro atoms. The van der Waals surface area contributed by atoms with Gasteiger partial charge < -0.3 is 5.11 Å². The number of benzene rings is 1. The largest absolute Gasteiger partial charge is 0.392 e. The van der Waals surface area contributed by atoms with Gasteiger partial charge in [0.05, 0.1) is 18.2 Å². The van der Waals surface area contributed by atoms with Crippen LogP contribution in [0.2, 0.25) is 0 Å². The maximum absolute atomic E-state index is 9.98. The van der Waals surface area contributed by atoms with Crippen LogP contribution in [0.4, 0.5) is 0 Å². The molecule has 0 bridgehead atoms. The zero-order valence-corrected chi connectivity index (χ0v) is 11.1. The highest BCUT2D eigenvalue weighted by molar-refractivity contribution is 5.28. The summed E-state index contributed by atoms with van der Waals surface area (Å²) in [6.45, 7) is 1.93. The van der Waals surface area contributed by atoms with Crippen LogP contribution in [0.5, 0.6) is 0 Å². The molecule has 0 aromatic heterocycles. The Kier molecular flexibility index (Phi) is 3.40. The van der Waals surface area contributed by atoms with Crippen molar-refractivity contribution in [1.82, 2.24) is 4.90 Å². The Morgan fingerprint density at radius 1 is 1.11 bits per heavy atom. The summed E-state index contributed by atoms with van der Waals surface area (Å²) in [5.74, 6) is 0. The van der Waals surface area contributed by atoms with Crippen LogP contribution in [0.25, 0.3) is 0 Å². The Bertz CT molecular complexity index is 383. The van der Waals surface area contributed by atoms with Crippen molar-refractivity contribution >= 4 is 0 Å². The number of nitrogens with zero attached hydrogens (tertiary/aromatic N) is 1. The molecule has 2 aliphatic rings. The van der Waals surface area contributed by atoms with Gasteiger partial charge in [-0.05, 0) is 25.3 Å². The SMILES string of the molecule is C[C@@H](O)[C@@H]1[C@H](c2ccccc2)N1C1CCCCC1. The number of rotatable bonds is 3. The van der Waals surface area contributed by atoms with Gasteiger partial charge in [0.1, 0.15) is 0 Å². The maximum atomic E-state index is 9.98. The lowest BCUT2D eigenvalue weighted by atomic mass is 9.95. The van der Waals surface area contributed by atoms with Gasteiger partial charge in [-0.1, -0.05) is 49.6 Å². The smallest absolute Gasteiger partial charge is 0.0686 e. The van der Waals surface area contributed by atoms with Crippen LogP contribution in [0.1, 0.15) is 50.6 Å². The molecule has 1 N–H and O–H groups in total. The molecule has 1 aliphatic carbocycles. The highest BCUT2D eigenvalue weighted by Gasteiger charge is 2.53. The summed E-state index contributed by atoms with van der Waals surface area (Å²) in [4.78, 5) is 2.55. The highest BCUT2D eigenvalue weighted by atomic mass is 16.3. The van der Waals surface area contributed by atoms with E-state index in [1.165, 1.54) is 37.7 Å². The van der Waals surface area contributed by atoms with Gasteiger partial charge >= 0.3 is 0 Å². The van der Waals surface area contributed by atoms with Gasteiger partial charge in [0.25, 0.3) is 0 Å². The molecule has 1 aliphatic heterocycles. The molecule has 1 saturated heterocycles. The Balaban J connectivity index is 1.77. The van der Waals surface area contributed by atoms with Crippen LogP contribution >= 0.6 is 0 Å². The summed E-state index contributed by atoms with van der Waals surface area (Å²) in [6, 6.07) is 12.2. The van der Waals surface area contributed by atoms with E-state index in [9.17, 15) is 5.11 Å². The Morgan fingerprint density at radius 3 is 2.39 bits per heavy atom. The van der Waals surface area contributed by atoms with E-state index in [0.29, 0.717) is 18.1 Å². The summed E-state index contributed by atoms with van der Waals surface area (Å²) in [6.07, 6.45) is 6.50. The first kappa shape index (κ1) is 12.2. The van der Waals surface area contributed by atoms with E-state index in [0.717, 1.165) is 0 Å². The van der Waals surface area contributed by atoms with E-state index in [1.807, 2.05) is 6.92 Å². The van der Waals surface area contributed by atoms with Crippen molar-refractivity contribution in [2.45, 2.75) is 63.3 Å². The summed E-state index contributed by atoms with van der Waals surface area (Å²) in [7, 11) is 0. The number of hydrogen-bond donors (Lipinski definition) is 1. The first-order chi connectivity index (χ1) is 8.79. The number of aliphatic hydroxyl groups excluding tert-OH is 1. The fourth-order valence-electron chi connectivity index (χ4n) is 3.65. The first-order valence-electron chi connectivity index (χ1n) is 7.29. The minimum atomic E-state index is -0.225. The molecule has 1 aromatic carbocycles. The molecule has 0 radical (unpaired) electrons. The molecule has 98 valence electrons. The molecule has 3 rings (SSSR count). The molecule has 1 heterocycles. The van der Waals surface area contributed by atoms with Gasteiger partial charge in [-0.2, -0.15) is 0 Å². The topological polar surface area (TPSA) is 23.2 Å². The minimum absolute atomic E-state index is 0.225. The number of aliphatic hydroxyl groups is 1. The van der Waals surface area contributed by atoms with Crippen molar-refractivity contribution in [2.24, 2.45) is 0 Å². The van der Waals surface area contributed by atoms with Crippen LogP contribution in [-0.2, 0) is 0 Å². The molecule has 1 aromatic rings. The summed E-state index contributed by atoms with van der Waals surface area (Å²) >= 11 is 0. The fraction of sp³-hybridized carbons (Fsp3) is 0.625. The molecular weight excluding hydrogens is 222 g/mol. The van der Waals surface area contributed by atoms with Crippen LogP contribution in [0, 0.1) is 0 Å². The van der Waals surface area contributed by atoms with Gasteiger partial charge in [-0.15, -0.1) is 0 Å². The highest BCUT2D eigenvalue weighted by Crippen LogP contribution is 2.49. The number of hydrogen-bond acceptors (Lipinski definition) is 2. The predicted octanol–water partition coefficient (Wildman–Crippen LogP) is 3.13. The molecule has 18 heavy (non-hydrogen) atoms. The van der Waals surface area contributed by atoms with E-state index in [-0.39, 0.29) is 6.10 Å². The predicted molar refractivity (Wildman–Crippen MR) is 73.4 cm³/mol. The Labute approximate surface area is 110 Å². The zero-order chi connectivity index (χ0) is 12.5. The average molecular weight is 245 g/mol. The summed E-state index contributed by atoms with van der Waals surface area (Å²) < 4.78 is 0. The molecule has 1 unspecified atom stereocenters. The molecule has 0 amide bonds. The van der Waals surface area contributed by atoms with Crippen molar-refractivity contribution < 1.29 is 5.11 Å². The van der Waals surface area contributed by atoms with Gasteiger partial charge in [-0.3, -0.25) is 4.90 Å². The fourth-order valence-corrected chi connectivity index (χ4v) is 3.65. The van der Waals surface area contributed by atoms with Crippen LogP contribution in [-0.4, -0.2) is 28.2 Å².